The Morgan fingerprint density at radius 3 is 2.50 bits per heavy atom. The Labute approximate surface area is 97.3 Å². The highest BCUT2D eigenvalue weighted by Crippen LogP contribution is 2.22. The second kappa shape index (κ2) is 5.07. The molecule has 0 unspecified atom stereocenters. The number of alkyl halides is 4. The van der Waals surface area contributed by atoms with Crippen LogP contribution in [0, 0.1) is 0 Å². The molecule has 1 N–H and O–H groups in total. The molecule has 0 saturated carbocycles. The van der Waals surface area contributed by atoms with Crippen molar-refractivity contribution in [2.75, 3.05) is 7.11 Å². The molecule has 0 atom stereocenters. The molecular weight excluding hydrogens is 262 g/mol. The molecule has 1 aromatic rings. The zero-order chi connectivity index (χ0) is 13.9. The minimum atomic E-state index is -5.05. The number of aromatic amines is 1. The normalized spacial score (nSPS) is 11.2. The van der Waals surface area contributed by atoms with E-state index >= 15 is 0 Å². The smallest absolute Gasteiger partial charge is 0.465 e. The summed E-state index contributed by atoms with van der Waals surface area (Å²) in [6.07, 6.45) is -5.05. The summed E-state index contributed by atoms with van der Waals surface area (Å²) in [4.78, 5) is 24.1. The minimum Gasteiger partial charge on any atom is -0.465 e. The van der Waals surface area contributed by atoms with Gasteiger partial charge in [0.2, 0.25) is 5.88 Å². The Balaban J connectivity index is 3.31. The Bertz CT molecular complexity index is 508. The molecule has 0 radical (unpaired) electrons. The molecular formula is C9H7F4NO4. The number of carbonyl (C=O) groups is 1. The first-order chi connectivity index (χ1) is 8.28. The lowest BCUT2D eigenvalue weighted by molar-refractivity contribution is -0.276. The van der Waals surface area contributed by atoms with Gasteiger partial charge in [0.1, 0.15) is 6.67 Å². The fraction of sp³-hybridized carbons (Fsp3) is 0.333. The molecule has 1 heterocycles. The molecule has 1 aromatic heterocycles. The number of halogens is 4. The van der Waals surface area contributed by atoms with Gasteiger partial charge < -0.3 is 9.47 Å². The Hall–Kier alpha value is -2.06. The van der Waals surface area contributed by atoms with Crippen LogP contribution in [0.2, 0.25) is 0 Å². The number of methoxy groups -OCH3 is 1. The van der Waals surface area contributed by atoms with Crippen LogP contribution >= 0.6 is 0 Å². The number of hydrogen-bond acceptors (Lipinski definition) is 4. The Kier molecular flexibility index (Phi) is 3.94. The summed E-state index contributed by atoms with van der Waals surface area (Å²) in [5.41, 5.74) is -2.45. The molecule has 0 aliphatic rings. The van der Waals surface area contributed by atoms with Gasteiger partial charge in [0.05, 0.1) is 18.2 Å². The zero-order valence-electron chi connectivity index (χ0n) is 8.93. The first-order valence-corrected chi connectivity index (χ1v) is 4.44. The van der Waals surface area contributed by atoms with Crippen LogP contribution in [0.15, 0.2) is 10.9 Å². The van der Waals surface area contributed by atoms with E-state index in [2.05, 4.69) is 9.47 Å². The maximum Gasteiger partial charge on any atom is 0.574 e. The predicted octanol–water partition coefficient (Wildman–Crippen LogP) is 1.53. The molecule has 1 rings (SSSR count). The third-order valence-electron chi connectivity index (χ3n) is 1.88. The number of pyridine rings is 1. The van der Waals surface area contributed by atoms with Crippen molar-refractivity contribution in [2.45, 2.75) is 13.0 Å². The number of H-pyrrole nitrogens is 1. The van der Waals surface area contributed by atoms with Crippen molar-refractivity contribution < 1.29 is 31.8 Å². The molecule has 0 fully saturated rings. The van der Waals surface area contributed by atoms with Crippen molar-refractivity contribution in [3.63, 3.8) is 0 Å². The van der Waals surface area contributed by atoms with E-state index in [9.17, 15) is 27.2 Å². The van der Waals surface area contributed by atoms with Crippen molar-refractivity contribution in [2.24, 2.45) is 0 Å². The molecule has 0 amide bonds. The molecule has 5 nitrogen and oxygen atoms in total. The van der Waals surface area contributed by atoms with E-state index in [0.29, 0.717) is 6.07 Å². The van der Waals surface area contributed by atoms with Gasteiger partial charge in [-0.25, -0.2) is 9.18 Å². The Morgan fingerprint density at radius 1 is 1.44 bits per heavy atom. The van der Waals surface area contributed by atoms with E-state index < -0.39 is 41.6 Å². The van der Waals surface area contributed by atoms with Crippen molar-refractivity contribution in [1.29, 1.82) is 0 Å². The van der Waals surface area contributed by atoms with Crippen LogP contribution in [-0.2, 0) is 11.4 Å². The van der Waals surface area contributed by atoms with Gasteiger partial charge in [0.25, 0.3) is 5.56 Å². The van der Waals surface area contributed by atoms with E-state index in [0.717, 1.165) is 7.11 Å². The van der Waals surface area contributed by atoms with Crippen molar-refractivity contribution in [1.82, 2.24) is 4.98 Å². The summed E-state index contributed by atoms with van der Waals surface area (Å²) in [5, 5.41) is 0. The van der Waals surface area contributed by atoms with E-state index in [4.69, 9.17) is 0 Å². The summed E-state index contributed by atoms with van der Waals surface area (Å²) in [6.45, 7) is -1.33. The largest absolute Gasteiger partial charge is 0.574 e. The van der Waals surface area contributed by atoms with Crippen LogP contribution in [-0.4, -0.2) is 24.4 Å². The molecule has 0 aromatic carbocycles. The van der Waals surface area contributed by atoms with Gasteiger partial charge >= 0.3 is 12.3 Å². The van der Waals surface area contributed by atoms with Crippen LogP contribution < -0.4 is 10.3 Å². The molecule has 100 valence electrons. The number of esters is 1. The predicted molar refractivity (Wildman–Crippen MR) is 49.9 cm³/mol. The lowest BCUT2D eigenvalue weighted by Gasteiger charge is -2.10. The summed E-state index contributed by atoms with van der Waals surface area (Å²) >= 11 is 0. The first-order valence-electron chi connectivity index (χ1n) is 4.44. The second-order valence-electron chi connectivity index (χ2n) is 3.03. The van der Waals surface area contributed by atoms with Crippen LogP contribution in [0.1, 0.15) is 15.9 Å². The van der Waals surface area contributed by atoms with Gasteiger partial charge in [0.15, 0.2) is 0 Å². The molecule has 0 saturated heterocycles. The molecule has 0 aliphatic heterocycles. The van der Waals surface area contributed by atoms with Gasteiger partial charge in [-0.15, -0.1) is 13.2 Å². The highest BCUT2D eigenvalue weighted by atomic mass is 19.4. The summed E-state index contributed by atoms with van der Waals surface area (Å²) < 4.78 is 56.0. The maximum absolute atomic E-state index is 12.5. The summed E-state index contributed by atoms with van der Waals surface area (Å²) in [6, 6.07) is 0.551. The number of nitrogens with one attached hydrogen (secondary N) is 1. The van der Waals surface area contributed by atoms with Crippen LogP contribution in [0.25, 0.3) is 0 Å². The van der Waals surface area contributed by atoms with Crippen LogP contribution in [0.5, 0.6) is 5.88 Å². The Morgan fingerprint density at radius 2 is 2.06 bits per heavy atom. The number of ether oxygens (including phenoxy) is 2. The topological polar surface area (TPSA) is 68.4 Å². The highest BCUT2D eigenvalue weighted by molar-refractivity contribution is 5.91. The summed E-state index contributed by atoms with van der Waals surface area (Å²) in [5.74, 6) is -2.16. The van der Waals surface area contributed by atoms with Crippen molar-refractivity contribution in [3.8, 4) is 5.88 Å². The average Bonchev–Trinajstić information content (AvgIpc) is 2.25. The average molecular weight is 269 g/mol. The van der Waals surface area contributed by atoms with E-state index in [1.807, 2.05) is 0 Å². The molecule has 0 bridgehead atoms. The first kappa shape index (κ1) is 14.0. The van der Waals surface area contributed by atoms with Gasteiger partial charge in [-0.1, -0.05) is 0 Å². The van der Waals surface area contributed by atoms with Gasteiger partial charge in [0, 0.05) is 6.07 Å². The standard InChI is InChI=1S/C9H7F4NO4/c1-17-8(16)4-2-6(18-9(11,12)13)14-7(15)5(4)3-10/h2H,3H2,1H3,(H,14,15). The minimum absolute atomic E-state index is 0.551. The number of aromatic nitrogens is 1. The van der Waals surface area contributed by atoms with Crippen LogP contribution in [0.4, 0.5) is 17.6 Å². The van der Waals surface area contributed by atoms with Crippen molar-refractivity contribution in [3.05, 3.63) is 27.5 Å². The van der Waals surface area contributed by atoms with E-state index in [1.165, 1.54) is 0 Å². The fourth-order valence-corrected chi connectivity index (χ4v) is 1.17. The number of hydrogen-bond donors (Lipinski definition) is 1. The van der Waals surface area contributed by atoms with Crippen LogP contribution in [0.3, 0.4) is 0 Å². The quantitative estimate of drug-likeness (QED) is 0.667. The number of carbonyl (C=O) groups excluding carboxylic acids is 1. The monoisotopic (exact) mass is 269 g/mol. The van der Waals surface area contributed by atoms with Gasteiger partial charge in [-0.2, -0.15) is 0 Å². The molecule has 9 heteroatoms. The SMILES string of the molecule is COC(=O)c1cc(OC(F)(F)F)[nH]c(=O)c1CF. The maximum atomic E-state index is 12.5. The third kappa shape index (κ3) is 3.22. The fourth-order valence-electron chi connectivity index (χ4n) is 1.17. The zero-order valence-corrected chi connectivity index (χ0v) is 8.93. The molecule has 18 heavy (non-hydrogen) atoms. The lowest BCUT2D eigenvalue weighted by atomic mass is 10.1. The molecule has 0 aliphatic carbocycles. The lowest BCUT2D eigenvalue weighted by Crippen LogP contribution is -2.23. The second-order valence-corrected chi connectivity index (χ2v) is 3.03. The third-order valence-corrected chi connectivity index (χ3v) is 1.88. The van der Waals surface area contributed by atoms with E-state index in [-0.39, 0.29) is 0 Å². The number of rotatable bonds is 3. The highest BCUT2D eigenvalue weighted by Gasteiger charge is 2.32. The van der Waals surface area contributed by atoms with Gasteiger partial charge in [-0.3, -0.25) is 9.78 Å². The van der Waals surface area contributed by atoms with Gasteiger partial charge in [-0.05, 0) is 0 Å². The molecule has 0 spiro atoms. The van der Waals surface area contributed by atoms with Crippen molar-refractivity contribution >= 4 is 5.97 Å². The summed E-state index contributed by atoms with van der Waals surface area (Å²) in [7, 11) is 0.940. The van der Waals surface area contributed by atoms with E-state index in [1.54, 1.807) is 4.98 Å².